The van der Waals surface area contributed by atoms with Crippen LogP contribution in [0.2, 0.25) is 0 Å². The van der Waals surface area contributed by atoms with Crippen molar-refractivity contribution in [2.75, 3.05) is 19.0 Å². The van der Waals surface area contributed by atoms with E-state index in [4.69, 9.17) is 14.2 Å². The van der Waals surface area contributed by atoms with Crippen molar-refractivity contribution < 1.29 is 23.8 Å². The van der Waals surface area contributed by atoms with E-state index in [2.05, 4.69) is 45.1 Å². The molecule has 7 heteroatoms. The predicted molar refractivity (Wildman–Crippen MR) is 146 cm³/mol. The Balaban J connectivity index is 1.86. The average molecular weight is 516 g/mol. The van der Waals surface area contributed by atoms with Gasteiger partial charge in [0.25, 0.3) is 0 Å². The van der Waals surface area contributed by atoms with E-state index in [1.807, 2.05) is 19.1 Å². The highest BCUT2D eigenvalue weighted by molar-refractivity contribution is 7.18. The molecule has 1 aliphatic rings. The van der Waals surface area contributed by atoms with Gasteiger partial charge >= 0.3 is 11.9 Å². The molecular weight excluding hydrogens is 474 g/mol. The van der Waals surface area contributed by atoms with Crippen molar-refractivity contribution in [3.05, 3.63) is 34.7 Å². The van der Waals surface area contributed by atoms with Gasteiger partial charge in [-0.3, -0.25) is 0 Å². The number of ether oxygens (including phenoxy) is 3. The van der Waals surface area contributed by atoms with Gasteiger partial charge < -0.3 is 19.5 Å². The number of anilines is 1. The Kier molecular flexibility index (Phi) is 8.13. The molecule has 198 valence electrons. The highest BCUT2D eigenvalue weighted by Crippen LogP contribution is 2.47. The monoisotopic (exact) mass is 515 g/mol. The number of esters is 2. The third-order valence-electron chi connectivity index (χ3n) is 6.27. The molecule has 0 aliphatic heterocycles. The van der Waals surface area contributed by atoms with Gasteiger partial charge in [0, 0.05) is 22.2 Å². The summed E-state index contributed by atoms with van der Waals surface area (Å²) >= 11 is 1.31. The first-order valence-electron chi connectivity index (χ1n) is 12.5. The maximum atomic E-state index is 12.5. The van der Waals surface area contributed by atoms with Crippen LogP contribution in [0.25, 0.3) is 10.4 Å². The Morgan fingerprint density at radius 2 is 1.75 bits per heavy atom. The van der Waals surface area contributed by atoms with Crippen LogP contribution in [0, 0.1) is 17.8 Å². The minimum atomic E-state index is -0.614. The fourth-order valence-corrected chi connectivity index (χ4v) is 6.78. The zero-order valence-corrected chi connectivity index (χ0v) is 24.0. The van der Waals surface area contributed by atoms with Crippen LogP contribution in [0.3, 0.4) is 0 Å². The van der Waals surface area contributed by atoms with Crippen molar-refractivity contribution in [2.24, 2.45) is 10.8 Å². The molecule has 1 fully saturated rings. The van der Waals surface area contributed by atoms with Crippen LogP contribution in [0.1, 0.15) is 83.0 Å². The predicted octanol–water partition coefficient (Wildman–Crippen LogP) is 7.25. The van der Waals surface area contributed by atoms with E-state index in [0.29, 0.717) is 16.7 Å². The molecule has 1 aromatic carbocycles. The van der Waals surface area contributed by atoms with Gasteiger partial charge in [0.05, 0.1) is 7.11 Å². The number of rotatable bonds is 7. The molecule has 2 aromatic rings. The Bertz CT molecular complexity index is 1090. The molecule has 36 heavy (non-hydrogen) atoms. The second-order valence-electron chi connectivity index (χ2n) is 12.4. The smallest absolute Gasteiger partial charge is 0.351 e. The first kappa shape index (κ1) is 28.0. The molecule has 0 spiro atoms. The van der Waals surface area contributed by atoms with Crippen LogP contribution < -0.4 is 10.1 Å². The van der Waals surface area contributed by atoms with Crippen LogP contribution in [0.5, 0.6) is 5.75 Å². The second-order valence-corrected chi connectivity index (χ2v) is 13.4. The van der Waals surface area contributed by atoms with Crippen molar-refractivity contribution in [3.63, 3.8) is 0 Å². The molecule has 1 aromatic heterocycles. The van der Waals surface area contributed by atoms with E-state index in [1.54, 1.807) is 20.8 Å². The summed E-state index contributed by atoms with van der Waals surface area (Å²) in [6.07, 6.45) is 3.46. The summed E-state index contributed by atoms with van der Waals surface area (Å²) in [5, 5.41) is 3.76. The minimum absolute atomic E-state index is 0.285. The normalized spacial score (nSPS) is 17.4. The highest BCUT2D eigenvalue weighted by atomic mass is 32.1. The number of hydrogen-bond donors (Lipinski definition) is 1. The molecule has 1 N–H and O–H groups in total. The number of benzene rings is 1. The number of methoxy groups -OCH3 is 1. The number of nitrogens with one attached hydrogen (secondary N) is 1. The summed E-state index contributed by atoms with van der Waals surface area (Å²) < 4.78 is 16.2. The lowest BCUT2D eigenvalue weighted by atomic mass is 9.63. The molecule has 3 rings (SSSR count). The summed E-state index contributed by atoms with van der Waals surface area (Å²) in [6.45, 7) is 16.4. The zero-order chi connectivity index (χ0) is 26.9. The fraction of sp³-hybridized carbons (Fsp3) is 0.586. The lowest BCUT2D eigenvalue weighted by molar-refractivity contribution is -0.157. The second kappa shape index (κ2) is 10.4. The Labute approximate surface area is 219 Å². The Morgan fingerprint density at radius 3 is 2.33 bits per heavy atom. The highest BCUT2D eigenvalue weighted by Gasteiger charge is 2.38. The van der Waals surface area contributed by atoms with Gasteiger partial charge in [-0.1, -0.05) is 39.8 Å². The summed E-state index contributed by atoms with van der Waals surface area (Å²) in [7, 11) is 1.34. The van der Waals surface area contributed by atoms with Gasteiger partial charge in [0.15, 0.2) is 11.5 Å². The third-order valence-corrected chi connectivity index (χ3v) is 7.57. The van der Waals surface area contributed by atoms with Gasteiger partial charge in [-0.05, 0) is 75.5 Å². The van der Waals surface area contributed by atoms with Gasteiger partial charge in [-0.25, -0.2) is 9.59 Å². The van der Waals surface area contributed by atoms with Crippen LogP contribution >= 0.6 is 11.3 Å². The van der Waals surface area contributed by atoms with Crippen LogP contribution in [-0.2, 0) is 14.3 Å². The first-order chi connectivity index (χ1) is 16.6. The quantitative estimate of drug-likeness (QED) is 0.392. The van der Waals surface area contributed by atoms with Crippen molar-refractivity contribution in [3.8, 4) is 16.2 Å². The number of carbonyl (C=O) groups is 2. The summed E-state index contributed by atoms with van der Waals surface area (Å²) in [5.74, 6) is -0.619. The van der Waals surface area contributed by atoms with Crippen LogP contribution in [-0.4, -0.2) is 37.3 Å². The van der Waals surface area contributed by atoms with Crippen molar-refractivity contribution >= 4 is 29.0 Å². The van der Waals surface area contributed by atoms with E-state index >= 15 is 0 Å². The molecule has 0 amide bonds. The molecule has 0 radical (unpaired) electrons. The standard InChI is InChI=1S/C29H41NO5S/c1-18-23(34-16-22(31)35-27(2,3)4)25(26(32)33-9)36-24(18)19-11-10-12-20(13-19)30-21-14-28(5,6)17-29(7,8)15-21/h10-13,21,30H,14-17H2,1-9H3. The fourth-order valence-electron chi connectivity index (χ4n) is 5.61. The molecule has 0 unspecified atom stereocenters. The molecule has 1 heterocycles. The molecule has 1 aliphatic carbocycles. The number of hydrogen-bond acceptors (Lipinski definition) is 7. The molecule has 6 nitrogen and oxygen atoms in total. The molecule has 0 bridgehead atoms. The average Bonchev–Trinajstić information content (AvgIpc) is 3.04. The van der Waals surface area contributed by atoms with Gasteiger partial charge in [0.1, 0.15) is 11.4 Å². The van der Waals surface area contributed by atoms with Crippen molar-refractivity contribution in [2.45, 2.75) is 86.3 Å². The van der Waals surface area contributed by atoms with Crippen molar-refractivity contribution in [1.82, 2.24) is 0 Å². The maximum Gasteiger partial charge on any atom is 0.351 e. The van der Waals surface area contributed by atoms with E-state index < -0.39 is 17.5 Å². The van der Waals surface area contributed by atoms with Gasteiger partial charge in [-0.2, -0.15) is 0 Å². The SMILES string of the molecule is COC(=O)c1sc(-c2cccc(NC3CC(C)(C)CC(C)(C)C3)c2)c(C)c1OCC(=O)OC(C)(C)C. The molecule has 0 saturated heterocycles. The van der Waals surface area contributed by atoms with Crippen LogP contribution in [0.15, 0.2) is 24.3 Å². The number of thiophene rings is 1. The third kappa shape index (κ3) is 7.25. The molecular formula is C29H41NO5S. The van der Waals surface area contributed by atoms with Crippen molar-refractivity contribution in [1.29, 1.82) is 0 Å². The molecule has 1 saturated carbocycles. The van der Waals surface area contributed by atoms with Crippen LogP contribution in [0.4, 0.5) is 5.69 Å². The van der Waals surface area contributed by atoms with Gasteiger partial charge in [-0.15, -0.1) is 11.3 Å². The molecule has 0 atom stereocenters. The lowest BCUT2D eigenvalue weighted by Crippen LogP contribution is -2.40. The largest absolute Gasteiger partial charge is 0.480 e. The zero-order valence-electron chi connectivity index (χ0n) is 23.2. The maximum absolute atomic E-state index is 12.5. The van der Waals surface area contributed by atoms with E-state index in [9.17, 15) is 9.59 Å². The summed E-state index contributed by atoms with van der Waals surface area (Å²) in [5.41, 5.74) is 2.79. The van der Waals surface area contributed by atoms with Gasteiger partial charge in [0.2, 0.25) is 0 Å². The summed E-state index contributed by atoms with van der Waals surface area (Å²) in [4.78, 5) is 26.0. The topological polar surface area (TPSA) is 73.9 Å². The van der Waals surface area contributed by atoms with E-state index in [-0.39, 0.29) is 17.4 Å². The van der Waals surface area contributed by atoms with E-state index in [1.165, 1.54) is 24.9 Å². The first-order valence-corrected chi connectivity index (χ1v) is 13.3. The summed E-state index contributed by atoms with van der Waals surface area (Å²) in [6, 6.07) is 8.64. The Hall–Kier alpha value is -2.54. The number of carbonyl (C=O) groups excluding carboxylic acids is 2. The lowest BCUT2D eigenvalue weighted by Gasteiger charge is -2.45. The minimum Gasteiger partial charge on any atom is -0.480 e. The van der Waals surface area contributed by atoms with E-state index in [0.717, 1.165) is 34.5 Å². The Morgan fingerprint density at radius 1 is 1.11 bits per heavy atom.